The lowest BCUT2D eigenvalue weighted by molar-refractivity contribution is -0.132. The lowest BCUT2D eigenvalue weighted by Crippen LogP contribution is -2.29. The Morgan fingerprint density at radius 2 is 1.91 bits per heavy atom. The van der Waals surface area contributed by atoms with Gasteiger partial charge in [0.05, 0.1) is 11.6 Å². The Hall–Kier alpha value is -3.65. The molecule has 1 saturated heterocycles. The van der Waals surface area contributed by atoms with Crippen LogP contribution < -0.4 is 9.64 Å². The predicted octanol–water partition coefficient (Wildman–Crippen LogP) is 4.94. The number of aliphatic hydroxyl groups excluding tert-OH is 1. The summed E-state index contributed by atoms with van der Waals surface area (Å²) in [5.74, 6) is -0.582. The predicted molar refractivity (Wildman–Crippen MR) is 122 cm³/mol. The zero-order chi connectivity index (χ0) is 22.8. The molecule has 1 unspecified atom stereocenters. The number of ether oxygens (including phenoxy) is 1. The largest absolute Gasteiger partial charge is 0.507 e. The molecule has 1 amide bonds. The first-order valence-corrected chi connectivity index (χ1v) is 10.5. The minimum atomic E-state index is -0.892. The van der Waals surface area contributed by atoms with Crippen LogP contribution >= 0.6 is 15.9 Å². The van der Waals surface area contributed by atoms with Gasteiger partial charge in [0.25, 0.3) is 5.78 Å². The van der Waals surface area contributed by atoms with Crippen LogP contribution in [0.15, 0.2) is 81.8 Å². The summed E-state index contributed by atoms with van der Waals surface area (Å²) in [4.78, 5) is 27.3. The highest BCUT2D eigenvalue weighted by Crippen LogP contribution is 2.42. The number of carbonyl (C=O) groups is 2. The number of aromatic nitrogens is 1. The smallest absolute Gasteiger partial charge is 0.301 e. The Kier molecular flexibility index (Phi) is 5.96. The summed E-state index contributed by atoms with van der Waals surface area (Å²) in [6.07, 6.45) is 1.63. The van der Waals surface area contributed by atoms with Gasteiger partial charge in [-0.15, -0.1) is 0 Å². The van der Waals surface area contributed by atoms with E-state index in [1.807, 2.05) is 0 Å². The first-order chi connectivity index (χ1) is 15.4. The van der Waals surface area contributed by atoms with Crippen molar-refractivity contribution in [3.05, 3.63) is 94.2 Å². The average Bonchev–Trinajstić information content (AvgIpc) is 3.33. The van der Waals surface area contributed by atoms with Gasteiger partial charge in [0.1, 0.15) is 23.9 Å². The molecule has 7 nitrogen and oxygen atoms in total. The fourth-order valence-electron chi connectivity index (χ4n) is 3.52. The number of amides is 1. The van der Waals surface area contributed by atoms with Gasteiger partial charge in [0.15, 0.2) is 5.82 Å². The van der Waals surface area contributed by atoms with Crippen molar-refractivity contribution in [2.75, 3.05) is 11.5 Å². The molecule has 1 aliphatic rings. The molecule has 1 fully saturated rings. The summed E-state index contributed by atoms with van der Waals surface area (Å²) in [5.41, 5.74) is 0.991. The summed E-state index contributed by atoms with van der Waals surface area (Å²) in [5, 5.41) is 15.0. The second kappa shape index (κ2) is 8.84. The van der Waals surface area contributed by atoms with E-state index >= 15 is 0 Å². The quantitative estimate of drug-likeness (QED) is 0.226. The summed E-state index contributed by atoms with van der Waals surface area (Å²) in [7, 11) is 0. The molecule has 1 aromatic heterocycles. The van der Waals surface area contributed by atoms with Crippen LogP contribution in [0.3, 0.4) is 0 Å². The molecule has 1 N–H and O–H groups in total. The number of carbonyl (C=O) groups excluding carboxylic acids is 2. The molecule has 2 aromatic carbocycles. The van der Waals surface area contributed by atoms with Gasteiger partial charge in [0.2, 0.25) is 0 Å². The highest BCUT2D eigenvalue weighted by molar-refractivity contribution is 9.10. The van der Waals surface area contributed by atoms with E-state index in [4.69, 9.17) is 9.26 Å². The summed E-state index contributed by atoms with van der Waals surface area (Å²) in [6.45, 7) is 5.66. The van der Waals surface area contributed by atoms with Crippen molar-refractivity contribution in [1.82, 2.24) is 5.16 Å². The molecule has 32 heavy (non-hydrogen) atoms. The Bertz CT molecular complexity index is 1210. The first-order valence-electron chi connectivity index (χ1n) is 9.74. The number of aryl methyl sites for hydroxylation is 1. The molecule has 2 heterocycles. The molecule has 1 atom stereocenters. The minimum Gasteiger partial charge on any atom is -0.507 e. The third-order valence-corrected chi connectivity index (χ3v) is 5.52. The van der Waals surface area contributed by atoms with Crippen molar-refractivity contribution >= 4 is 39.2 Å². The number of ketones is 1. The second-order valence-corrected chi connectivity index (χ2v) is 8.06. The summed E-state index contributed by atoms with van der Waals surface area (Å²) < 4.78 is 11.5. The number of benzene rings is 2. The van der Waals surface area contributed by atoms with E-state index in [2.05, 4.69) is 27.7 Å². The normalized spacial score (nSPS) is 17.6. The van der Waals surface area contributed by atoms with Gasteiger partial charge in [-0.2, -0.15) is 0 Å². The van der Waals surface area contributed by atoms with E-state index in [1.165, 1.54) is 4.90 Å². The summed E-state index contributed by atoms with van der Waals surface area (Å²) in [6, 6.07) is 14.4. The fraction of sp³-hybridized carbons (Fsp3) is 0.125. The molecule has 8 heteroatoms. The highest BCUT2D eigenvalue weighted by Gasteiger charge is 2.48. The fourth-order valence-corrected chi connectivity index (χ4v) is 3.78. The van der Waals surface area contributed by atoms with Crippen LogP contribution in [0.4, 0.5) is 5.82 Å². The maximum atomic E-state index is 13.1. The molecule has 162 valence electrons. The van der Waals surface area contributed by atoms with E-state index in [1.54, 1.807) is 67.6 Å². The standard InChI is InChI=1S/C24H19BrN2O5/c1-3-12-31-18-10-6-15(7-11-18)21-20(22(28)16-4-8-17(25)9-5-16)23(29)24(30)27(21)19-13-14(2)32-26-19/h3-11,13,21,28H,1,12H2,2H3/b22-20+. The van der Waals surface area contributed by atoms with Crippen LogP contribution in [-0.2, 0) is 9.59 Å². The SMILES string of the molecule is C=CCOc1ccc(C2/C(=C(\O)c3ccc(Br)cc3)C(=O)C(=O)N2c2cc(C)on2)cc1. The second-order valence-electron chi connectivity index (χ2n) is 7.14. The molecule has 0 radical (unpaired) electrons. The van der Waals surface area contributed by atoms with E-state index < -0.39 is 17.7 Å². The van der Waals surface area contributed by atoms with Gasteiger partial charge < -0.3 is 14.4 Å². The average molecular weight is 495 g/mol. The molecule has 0 saturated carbocycles. The molecular formula is C24H19BrN2O5. The molecule has 3 aromatic rings. The number of rotatable bonds is 6. The van der Waals surface area contributed by atoms with Gasteiger partial charge in [0, 0.05) is 16.1 Å². The Morgan fingerprint density at radius 1 is 1.22 bits per heavy atom. The van der Waals surface area contributed by atoms with Crippen molar-refractivity contribution in [1.29, 1.82) is 0 Å². The number of nitrogens with zero attached hydrogens (tertiary/aromatic N) is 2. The third kappa shape index (κ3) is 3.97. The number of aliphatic hydroxyl groups is 1. The topological polar surface area (TPSA) is 92.9 Å². The molecule has 0 aliphatic carbocycles. The zero-order valence-electron chi connectivity index (χ0n) is 17.1. The maximum Gasteiger partial charge on any atom is 0.301 e. The van der Waals surface area contributed by atoms with Gasteiger partial charge in [-0.05, 0) is 36.8 Å². The van der Waals surface area contributed by atoms with E-state index in [0.29, 0.717) is 29.2 Å². The molecular weight excluding hydrogens is 476 g/mol. The monoisotopic (exact) mass is 494 g/mol. The zero-order valence-corrected chi connectivity index (χ0v) is 18.7. The van der Waals surface area contributed by atoms with Gasteiger partial charge in [-0.25, -0.2) is 0 Å². The van der Waals surface area contributed by atoms with Crippen LogP contribution in [-0.4, -0.2) is 28.6 Å². The van der Waals surface area contributed by atoms with Crippen LogP contribution in [0.5, 0.6) is 5.75 Å². The van der Waals surface area contributed by atoms with Crippen molar-refractivity contribution < 1.29 is 24.0 Å². The van der Waals surface area contributed by atoms with E-state index in [9.17, 15) is 14.7 Å². The van der Waals surface area contributed by atoms with Crippen molar-refractivity contribution in [3.63, 3.8) is 0 Å². The highest BCUT2D eigenvalue weighted by atomic mass is 79.9. The van der Waals surface area contributed by atoms with Crippen molar-refractivity contribution in [2.24, 2.45) is 0 Å². The van der Waals surface area contributed by atoms with E-state index in [0.717, 1.165) is 4.47 Å². The van der Waals surface area contributed by atoms with Gasteiger partial charge >= 0.3 is 5.91 Å². The van der Waals surface area contributed by atoms with E-state index in [-0.39, 0.29) is 17.2 Å². The van der Waals surface area contributed by atoms with Crippen LogP contribution in [0, 0.1) is 6.92 Å². The number of anilines is 1. The maximum absolute atomic E-state index is 13.1. The Labute approximate surface area is 192 Å². The van der Waals surface area contributed by atoms with Crippen LogP contribution in [0.1, 0.15) is 22.9 Å². The van der Waals surface area contributed by atoms with Crippen molar-refractivity contribution in [2.45, 2.75) is 13.0 Å². The lowest BCUT2D eigenvalue weighted by Gasteiger charge is -2.23. The van der Waals surface area contributed by atoms with Crippen molar-refractivity contribution in [3.8, 4) is 5.75 Å². The number of halogens is 1. The molecule has 1 aliphatic heterocycles. The van der Waals surface area contributed by atoms with Crippen LogP contribution in [0.25, 0.3) is 5.76 Å². The summed E-state index contributed by atoms with van der Waals surface area (Å²) >= 11 is 3.35. The first kappa shape index (κ1) is 21.6. The number of Topliss-reactive ketones (excluding diaryl/α,β-unsaturated/α-hetero) is 1. The van der Waals surface area contributed by atoms with Crippen LogP contribution in [0.2, 0.25) is 0 Å². The minimum absolute atomic E-state index is 0.0299. The Morgan fingerprint density at radius 3 is 2.50 bits per heavy atom. The molecule has 0 spiro atoms. The van der Waals surface area contributed by atoms with Gasteiger partial charge in [-0.3, -0.25) is 14.5 Å². The number of hydrogen-bond donors (Lipinski definition) is 1. The third-order valence-electron chi connectivity index (χ3n) is 4.99. The molecule has 4 rings (SSSR count). The Balaban J connectivity index is 1.86. The lowest BCUT2D eigenvalue weighted by atomic mass is 9.95. The molecule has 0 bridgehead atoms. The number of hydrogen-bond acceptors (Lipinski definition) is 6. The van der Waals surface area contributed by atoms with Gasteiger partial charge in [-0.1, -0.05) is 58.0 Å².